The van der Waals surface area contributed by atoms with E-state index in [4.69, 9.17) is 0 Å². The molecule has 2 aliphatic heterocycles. The fourth-order valence-corrected chi connectivity index (χ4v) is 3.19. The second-order valence-corrected chi connectivity index (χ2v) is 6.65. The van der Waals surface area contributed by atoms with E-state index in [2.05, 4.69) is 12.6 Å². The van der Waals surface area contributed by atoms with Gasteiger partial charge in [0, 0.05) is 32.5 Å². The maximum Gasteiger partial charge on any atom is 0.242 e. The van der Waals surface area contributed by atoms with Crippen LogP contribution < -0.4 is 0 Å². The molecule has 1 N–H and O–H groups in total. The smallest absolute Gasteiger partial charge is 0.242 e. The van der Waals surface area contributed by atoms with Gasteiger partial charge >= 0.3 is 0 Å². The molecule has 0 saturated carbocycles. The number of aliphatic hydroxyl groups excluding tert-OH is 1. The fourth-order valence-electron chi connectivity index (χ4n) is 2.90. The number of aliphatic hydroxyl groups is 1. The number of carbonyl (C=O) groups excluding carboxylic acids is 3. The molecular weight excluding hydrogens is 304 g/mol. The Morgan fingerprint density at radius 3 is 2.45 bits per heavy atom. The minimum Gasteiger partial charge on any atom is -0.393 e. The van der Waals surface area contributed by atoms with Crippen molar-refractivity contribution in [1.29, 1.82) is 0 Å². The van der Waals surface area contributed by atoms with Gasteiger partial charge in [0.1, 0.15) is 0 Å². The van der Waals surface area contributed by atoms with E-state index in [1.165, 1.54) is 4.90 Å². The summed E-state index contributed by atoms with van der Waals surface area (Å²) in [4.78, 5) is 38.3. The molecule has 0 aromatic carbocycles. The fraction of sp³-hybridized carbons (Fsp3) is 0.800. The zero-order valence-corrected chi connectivity index (χ0v) is 13.6. The van der Waals surface area contributed by atoms with Crippen LogP contribution in [0.3, 0.4) is 0 Å². The number of thiol groups is 1. The maximum absolute atomic E-state index is 12.0. The van der Waals surface area contributed by atoms with Crippen LogP contribution in [0.4, 0.5) is 0 Å². The first-order valence-electron chi connectivity index (χ1n) is 7.97. The molecule has 0 radical (unpaired) electrons. The topological polar surface area (TPSA) is 77.9 Å². The van der Waals surface area contributed by atoms with Gasteiger partial charge in [-0.05, 0) is 25.7 Å². The first-order chi connectivity index (χ1) is 10.5. The third-order valence-corrected chi connectivity index (χ3v) is 4.71. The summed E-state index contributed by atoms with van der Waals surface area (Å²) in [6, 6.07) is 0. The quantitative estimate of drug-likeness (QED) is 0.425. The molecule has 2 saturated heterocycles. The lowest BCUT2D eigenvalue weighted by Crippen LogP contribution is -2.39. The number of nitrogens with zero attached hydrogens (tertiary/aromatic N) is 2. The number of rotatable bonds is 6. The van der Waals surface area contributed by atoms with Crippen molar-refractivity contribution < 1.29 is 19.5 Å². The van der Waals surface area contributed by atoms with Crippen molar-refractivity contribution in [3.63, 3.8) is 0 Å². The molecule has 7 heteroatoms. The molecule has 124 valence electrons. The van der Waals surface area contributed by atoms with Crippen LogP contribution in [0.5, 0.6) is 0 Å². The predicted octanol–water partition coefficient (Wildman–Crippen LogP) is 0.587. The van der Waals surface area contributed by atoms with Crippen LogP contribution in [0.15, 0.2) is 0 Å². The van der Waals surface area contributed by atoms with Gasteiger partial charge in [0.05, 0.1) is 11.4 Å². The lowest BCUT2D eigenvalue weighted by atomic mass is 10.1. The van der Waals surface area contributed by atoms with Gasteiger partial charge in [-0.3, -0.25) is 19.3 Å². The number of unbranched alkanes of at least 4 members (excludes halogenated alkanes) is 2. The Labute approximate surface area is 136 Å². The SMILES string of the molecule is O=C(CCCCCN1C(=O)CC(S)C1=O)N1CCC(O)CC1. The van der Waals surface area contributed by atoms with E-state index in [9.17, 15) is 19.5 Å². The van der Waals surface area contributed by atoms with Crippen LogP contribution in [0, 0.1) is 0 Å². The highest BCUT2D eigenvalue weighted by Gasteiger charge is 2.35. The minimum atomic E-state index is -0.483. The monoisotopic (exact) mass is 328 g/mol. The van der Waals surface area contributed by atoms with E-state index in [-0.39, 0.29) is 30.2 Å². The van der Waals surface area contributed by atoms with Crippen LogP contribution in [-0.4, -0.2) is 63.6 Å². The lowest BCUT2D eigenvalue weighted by molar-refractivity contribution is -0.138. The molecule has 0 aromatic rings. The first kappa shape index (κ1) is 17.3. The normalized spacial score (nSPS) is 23.5. The van der Waals surface area contributed by atoms with Crippen molar-refractivity contribution in [3.8, 4) is 0 Å². The van der Waals surface area contributed by atoms with E-state index in [0.29, 0.717) is 38.9 Å². The molecule has 2 aliphatic rings. The zero-order valence-electron chi connectivity index (χ0n) is 12.7. The second kappa shape index (κ2) is 7.97. The Hall–Kier alpha value is -1.08. The summed E-state index contributed by atoms with van der Waals surface area (Å²) in [5, 5.41) is 8.93. The van der Waals surface area contributed by atoms with Gasteiger partial charge in [0.2, 0.25) is 17.7 Å². The Morgan fingerprint density at radius 1 is 1.18 bits per heavy atom. The first-order valence-corrected chi connectivity index (χ1v) is 8.49. The summed E-state index contributed by atoms with van der Waals surface area (Å²) < 4.78 is 0. The Bertz CT molecular complexity index is 435. The lowest BCUT2D eigenvalue weighted by Gasteiger charge is -2.29. The van der Waals surface area contributed by atoms with Crippen LogP contribution in [0.2, 0.25) is 0 Å². The molecule has 2 heterocycles. The molecule has 22 heavy (non-hydrogen) atoms. The van der Waals surface area contributed by atoms with Gasteiger partial charge in [-0.2, -0.15) is 12.6 Å². The second-order valence-electron chi connectivity index (χ2n) is 6.03. The molecular formula is C15H24N2O4S. The molecule has 6 nitrogen and oxygen atoms in total. The Morgan fingerprint density at radius 2 is 1.86 bits per heavy atom. The number of imide groups is 1. The van der Waals surface area contributed by atoms with E-state index in [1.807, 2.05) is 4.90 Å². The molecule has 2 fully saturated rings. The standard InChI is InChI=1S/C15H24N2O4S/c18-11-5-8-16(9-6-11)13(19)4-2-1-3-7-17-14(20)10-12(22)15(17)21/h11-12,18,22H,1-10H2. The number of likely N-dealkylation sites (tertiary alicyclic amines) is 2. The minimum absolute atomic E-state index is 0.135. The van der Waals surface area contributed by atoms with Crippen molar-refractivity contribution in [1.82, 2.24) is 9.80 Å². The largest absolute Gasteiger partial charge is 0.393 e. The summed E-state index contributed by atoms with van der Waals surface area (Å²) in [5.74, 6) is -0.208. The third-order valence-electron chi connectivity index (χ3n) is 4.31. The maximum atomic E-state index is 12.0. The molecule has 0 aliphatic carbocycles. The van der Waals surface area contributed by atoms with Crippen molar-refractivity contribution in [2.75, 3.05) is 19.6 Å². The average molecular weight is 328 g/mol. The molecule has 0 spiro atoms. The van der Waals surface area contributed by atoms with Crippen LogP contribution in [0.25, 0.3) is 0 Å². The summed E-state index contributed by atoms with van der Waals surface area (Å²) in [6.45, 7) is 1.71. The van der Waals surface area contributed by atoms with E-state index in [1.54, 1.807) is 0 Å². The number of piperidine rings is 1. The van der Waals surface area contributed by atoms with Crippen LogP contribution in [-0.2, 0) is 14.4 Å². The van der Waals surface area contributed by atoms with Crippen molar-refractivity contribution in [2.24, 2.45) is 0 Å². The van der Waals surface area contributed by atoms with Gasteiger partial charge in [-0.25, -0.2) is 0 Å². The Kier molecular flexibility index (Phi) is 6.26. The third kappa shape index (κ3) is 4.46. The van der Waals surface area contributed by atoms with Gasteiger partial charge in [0.15, 0.2) is 0 Å². The molecule has 1 unspecified atom stereocenters. The highest BCUT2D eigenvalue weighted by Crippen LogP contribution is 2.19. The number of hydrogen-bond acceptors (Lipinski definition) is 5. The molecule has 0 bridgehead atoms. The van der Waals surface area contributed by atoms with Gasteiger partial charge in [-0.1, -0.05) is 6.42 Å². The molecule has 1 atom stereocenters. The Balaban J connectivity index is 1.58. The van der Waals surface area contributed by atoms with Crippen molar-refractivity contribution >= 4 is 30.4 Å². The van der Waals surface area contributed by atoms with E-state index >= 15 is 0 Å². The van der Waals surface area contributed by atoms with Crippen LogP contribution >= 0.6 is 12.6 Å². The van der Waals surface area contributed by atoms with Gasteiger partial charge < -0.3 is 10.0 Å². The summed E-state index contributed by atoms with van der Waals surface area (Å²) in [6.07, 6.45) is 4.05. The van der Waals surface area contributed by atoms with Crippen LogP contribution in [0.1, 0.15) is 44.9 Å². The number of carbonyl (C=O) groups is 3. The molecule has 2 rings (SSSR count). The molecule has 3 amide bonds. The van der Waals surface area contributed by atoms with Gasteiger partial charge in [0.25, 0.3) is 0 Å². The van der Waals surface area contributed by atoms with Crippen molar-refractivity contribution in [3.05, 3.63) is 0 Å². The van der Waals surface area contributed by atoms with E-state index in [0.717, 1.165) is 19.3 Å². The van der Waals surface area contributed by atoms with Crippen molar-refractivity contribution in [2.45, 2.75) is 56.3 Å². The highest BCUT2D eigenvalue weighted by molar-refractivity contribution is 7.81. The summed E-state index contributed by atoms with van der Waals surface area (Å²) in [5.41, 5.74) is 0. The number of amides is 3. The summed E-state index contributed by atoms with van der Waals surface area (Å²) in [7, 11) is 0. The number of hydrogen-bond donors (Lipinski definition) is 2. The average Bonchev–Trinajstić information content (AvgIpc) is 2.73. The highest BCUT2D eigenvalue weighted by atomic mass is 32.1. The summed E-state index contributed by atoms with van der Waals surface area (Å²) >= 11 is 4.08. The predicted molar refractivity (Wildman–Crippen MR) is 84.4 cm³/mol. The molecule has 0 aromatic heterocycles. The van der Waals surface area contributed by atoms with Gasteiger partial charge in [-0.15, -0.1) is 0 Å². The zero-order chi connectivity index (χ0) is 16.1. The van der Waals surface area contributed by atoms with E-state index < -0.39 is 5.25 Å².